The summed E-state index contributed by atoms with van der Waals surface area (Å²) >= 11 is 0. The summed E-state index contributed by atoms with van der Waals surface area (Å²) in [6.07, 6.45) is 0. The molecule has 0 aliphatic carbocycles. The van der Waals surface area contributed by atoms with Crippen LogP contribution < -0.4 is 0 Å². The minimum absolute atomic E-state index is 0.0740. The Morgan fingerprint density at radius 2 is 1.47 bits per heavy atom. The van der Waals surface area contributed by atoms with E-state index < -0.39 is 0 Å². The predicted molar refractivity (Wildman–Crippen MR) is 63.8 cm³/mol. The number of rotatable bonds is 6. The zero-order valence-electron chi connectivity index (χ0n) is 11.3. The van der Waals surface area contributed by atoms with E-state index in [9.17, 15) is 4.79 Å². The summed E-state index contributed by atoms with van der Waals surface area (Å²) < 4.78 is 5.28. The molecule has 0 N–H and O–H groups in total. The van der Waals surface area contributed by atoms with E-state index in [2.05, 4.69) is 27.7 Å². The Balaban J connectivity index is 5.21. The van der Waals surface area contributed by atoms with Gasteiger partial charge in [-0.15, -0.1) is 0 Å². The van der Waals surface area contributed by atoms with Gasteiger partial charge >= 0.3 is 0 Å². The van der Waals surface area contributed by atoms with Crippen LogP contribution in [0, 0.1) is 23.2 Å². The van der Waals surface area contributed by atoms with Gasteiger partial charge in [-0.05, 0) is 11.8 Å². The van der Waals surface area contributed by atoms with Crippen LogP contribution in [0.25, 0.3) is 0 Å². The molecule has 0 radical (unpaired) electrons. The number of ether oxygens (including phenoxy) is 1. The van der Waals surface area contributed by atoms with Crippen LogP contribution in [0.5, 0.6) is 0 Å². The van der Waals surface area contributed by atoms with E-state index in [0.29, 0.717) is 24.2 Å². The lowest BCUT2D eigenvalue weighted by molar-refractivity contribution is -0.142. The largest absolute Gasteiger partial charge is 0.384 e. The molecule has 0 amide bonds. The third kappa shape index (κ3) is 2.81. The van der Waals surface area contributed by atoms with Gasteiger partial charge in [0.15, 0.2) is 0 Å². The second-order valence-electron chi connectivity index (χ2n) is 5.30. The molecule has 0 aliphatic rings. The first-order valence-corrected chi connectivity index (χ1v) is 5.83. The normalized spacial score (nSPS) is 12.9. The summed E-state index contributed by atoms with van der Waals surface area (Å²) in [5, 5.41) is 0. The molecule has 15 heavy (non-hydrogen) atoms. The minimum atomic E-state index is -0.330. The molecular formula is C13H26O2. The van der Waals surface area contributed by atoms with Crippen molar-refractivity contribution < 1.29 is 9.53 Å². The Morgan fingerprint density at radius 3 is 1.67 bits per heavy atom. The fraction of sp³-hybridized carbons (Fsp3) is 0.923. The molecule has 0 heterocycles. The first-order valence-electron chi connectivity index (χ1n) is 5.83. The van der Waals surface area contributed by atoms with Crippen LogP contribution in [-0.4, -0.2) is 19.5 Å². The van der Waals surface area contributed by atoms with Crippen molar-refractivity contribution >= 4 is 5.78 Å². The quantitative estimate of drug-likeness (QED) is 0.679. The molecule has 0 spiro atoms. The van der Waals surface area contributed by atoms with Crippen molar-refractivity contribution in [3.8, 4) is 0 Å². The maximum absolute atomic E-state index is 12.4. The molecule has 0 aromatic rings. The highest BCUT2D eigenvalue weighted by atomic mass is 16.5. The van der Waals surface area contributed by atoms with Gasteiger partial charge in [0.25, 0.3) is 0 Å². The van der Waals surface area contributed by atoms with Crippen molar-refractivity contribution in [1.82, 2.24) is 0 Å². The van der Waals surface area contributed by atoms with Gasteiger partial charge in [-0.2, -0.15) is 0 Å². The fourth-order valence-electron chi connectivity index (χ4n) is 2.42. The predicted octanol–water partition coefficient (Wildman–Crippen LogP) is 3.16. The van der Waals surface area contributed by atoms with E-state index in [1.807, 2.05) is 13.8 Å². The van der Waals surface area contributed by atoms with Gasteiger partial charge in [-0.1, -0.05) is 41.5 Å². The molecule has 0 aromatic carbocycles. The average molecular weight is 214 g/mol. The fourth-order valence-corrected chi connectivity index (χ4v) is 2.42. The molecule has 0 fully saturated rings. The zero-order valence-corrected chi connectivity index (χ0v) is 11.3. The maximum atomic E-state index is 12.4. The SMILES string of the molecule is COCC(C(=O)C(C)C)(C(C)C)C(C)C. The van der Waals surface area contributed by atoms with Gasteiger partial charge in [-0.3, -0.25) is 4.79 Å². The molecule has 0 rings (SSSR count). The summed E-state index contributed by atoms with van der Waals surface area (Å²) in [6, 6.07) is 0. The van der Waals surface area contributed by atoms with E-state index >= 15 is 0 Å². The van der Waals surface area contributed by atoms with Crippen molar-refractivity contribution in [3.63, 3.8) is 0 Å². The van der Waals surface area contributed by atoms with Crippen LogP contribution in [0.15, 0.2) is 0 Å². The average Bonchev–Trinajstić information content (AvgIpc) is 2.11. The minimum Gasteiger partial charge on any atom is -0.384 e. The summed E-state index contributed by atoms with van der Waals surface area (Å²) in [5.41, 5.74) is -0.330. The molecule has 0 saturated heterocycles. The Bertz CT molecular complexity index is 197. The summed E-state index contributed by atoms with van der Waals surface area (Å²) in [5.74, 6) is 1.03. The van der Waals surface area contributed by atoms with Gasteiger partial charge in [0, 0.05) is 13.0 Å². The number of carbonyl (C=O) groups is 1. The summed E-state index contributed by atoms with van der Waals surface area (Å²) in [4.78, 5) is 12.4. The second-order valence-corrected chi connectivity index (χ2v) is 5.30. The van der Waals surface area contributed by atoms with Crippen LogP contribution in [0.2, 0.25) is 0 Å². The highest BCUT2D eigenvalue weighted by molar-refractivity contribution is 5.87. The molecule has 90 valence electrons. The lowest BCUT2D eigenvalue weighted by atomic mass is 9.64. The number of hydrogen-bond acceptors (Lipinski definition) is 2. The molecule has 2 nitrogen and oxygen atoms in total. The lowest BCUT2D eigenvalue weighted by Gasteiger charge is -2.40. The molecule has 2 heteroatoms. The van der Waals surface area contributed by atoms with Crippen molar-refractivity contribution in [3.05, 3.63) is 0 Å². The Morgan fingerprint density at radius 1 is 1.07 bits per heavy atom. The number of carbonyl (C=O) groups excluding carboxylic acids is 1. The van der Waals surface area contributed by atoms with E-state index in [4.69, 9.17) is 4.74 Å². The molecule has 0 unspecified atom stereocenters. The monoisotopic (exact) mass is 214 g/mol. The third-order valence-electron chi connectivity index (χ3n) is 3.43. The maximum Gasteiger partial charge on any atom is 0.144 e. The van der Waals surface area contributed by atoms with Crippen LogP contribution in [0.1, 0.15) is 41.5 Å². The second kappa shape index (κ2) is 5.64. The van der Waals surface area contributed by atoms with Crippen LogP contribution in [-0.2, 0) is 9.53 Å². The van der Waals surface area contributed by atoms with Crippen LogP contribution in [0.3, 0.4) is 0 Å². The van der Waals surface area contributed by atoms with Crippen LogP contribution >= 0.6 is 0 Å². The first-order chi connectivity index (χ1) is 6.80. The number of Topliss-reactive ketones (excluding diaryl/α,β-unsaturated/α-hetero) is 1. The zero-order chi connectivity index (χ0) is 12.2. The van der Waals surface area contributed by atoms with Gasteiger partial charge in [0.2, 0.25) is 0 Å². The van der Waals surface area contributed by atoms with E-state index in [0.717, 1.165) is 0 Å². The Hall–Kier alpha value is -0.370. The number of ketones is 1. The molecule has 0 atom stereocenters. The van der Waals surface area contributed by atoms with Crippen molar-refractivity contribution in [2.75, 3.05) is 13.7 Å². The van der Waals surface area contributed by atoms with Gasteiger partial charge < -0.3 is 4.74 Å². The van der Waals surface area contributed by atoms with Gasteiger partial charge in [-0.25, -0.2) is 0 Å². The number of hydrogen-bond donors (Lipinski definition) is 0. The van der Waals surface area contributed by atoms with Crippen molar-refractivity contribution in [1.29, 1.82) is 0 Å². The Labute approximate surface area is 94.4 Å². The molecule has 0 aliphatic heterocycles. The third-order valence-corrected chi connectivity index (χ3v) is 3.43. The van der Waals surface area contributed by atoms with Gasteiger partial charge in [0.1, 0.15) is 5.78 Å². The number of methoxy groups -OCH3 is 1. The highest BCUT2D eigenvalue weighted by Crippen LogP contribution is 2.39. The lowest BCUT2D eigenvalue weighted by Crippen LogP contribution is -2.47. The van der Waals surface area contributed by atoms with E-state index in [1.165, 1.54) is 0 Å². The van der Waals surface area contributed by atoms with Crippen LogP contribution in [0.4, 0.5) is 0 Å². The van der Waals surface area contributed by atoms with E-state index in [-0.39, 0.29) is 11.3 Å². The van der Waals surface area contributed by atoms with Crippen molar-refractivity contribution in [2.24, 2.45) is 23.2 Å². The Kier molecular flexibility index (Phi) is 5.50. The highest BCUT2D eigenvalue weighted by Gasteiger charge is 2.44. The summed E-state index contributed by atoms with van der Waals surface area (Å²) in [6.45, 7) is 12.9. The first kappa shape index (κ1) is 14.6. The smallest absolute Gasteiger partial charge is 0.144 e. The molecule has 0 bridgehead atoms. The molecule has 0 saturated carbocycles. The summed E-state index contributed by atoms with van der Waals surface area (Å²) in [7, 11) is 1.67. The van der Waals surface area contributed by atoms with Gasteiger partial charge in [0.05, 0.1) is 12.0 Å². The molecule has 0 aromatic heterocycles. The standard InChI is InChI=1S/C13H26O2/c1-9(2)12(14)13(8-15-7,10(3)4)11(5)6/h9-11H,8H2,1-7H3. The van der Waals surface area contributed by atoms with Crippen molar-refractivity contribution in [2.45, 2.75) is 41.5 Å². The van der Waals surface area contributed by atoms with E-state index in [1.54, 1.807) is 7.11 Å². The topological polar surface area (TPSA) is 26.3 Å². The molecular weight excluding hydrogens is 188 g/mol.